The van der Waals surface area contributed by atoms with Gasteiger partial charge in [-0.25, -0.2) is 5.11 Å². The van der Waals surface area contributed by atoms with Crippen molar-refractivity contribution in [1.29, 1.82) is 0 Å². The molecule has 0 aliphatic heterocycles. The van der Waals surface area contributed by atoms with Gasteiger partial charge in [0.05, 0.1) is 0 Å². The first-order valence-electron chi connectivity index (χ1n) is 4.28. The zero-order chi connectivity index (χ0) is 15.5. The van der Waals surface area contributed by atoms with Gasteiger partial charge in [0.1, 0.15) is 21.6 Å². The second-order valence-corrected chi connectivity index (χ2v) is 21.5. The molecule has 0 saturated heterocycles. The molecule has 2 aliphatic carbocycles. The van der Waals surface area contributed by atoms with E-state index in [1.54, 1.807) is 0 Å². The lowest BCUT2D eigenvalue weighted by Crippen LogP contribution is -2.70. The monoisotopic (exact) mass is 968 g/mol. The predicted octanol–water partition coefficient (Wildman–Crippen LogP) is 7.75. The summed E-state index contributed by atoms with van der Waals surface area (Å²) >= 11 is 39.7. The summed E-state index contributed by atoms with van der Waals surface area (Å²) in [4.78, 5) is 0. The third kappa shape index (κ3) is 1.76. The second-order valence-electron chi connectivity index (χ2n) is 4.21. The molecule has 0 amide bonds. The Morgan fingerprint density at radius 3 is 1.00 bits per heavy atom. The molecule has 111 valence electrons. The highest BCUT2D eigenvalue weighted by molar-refractivity contribution is 9.33. The minimum Gasteiger partial charge on any atom is -0.213 e. The van der Waals surface area contributed by atoms with E-state index in [4.69, 9.17) is 0 Å². The Morgan fingerprint density at radius 2 is 0.737 bits per heavy atom. The van der Waals surface area contributed by atoms with Crippen LogP contribution < -0.4 is 0 Å². The van der Waals surface area contributed by atoms with Gasteiger partial charge in [-0.15, -0.1) is 0 Å². The molecule has 3 atom stereocenters. The summed E-state index contributed by atoms with van der Waals surface area (Å²) in [5.41, 5.74) is 0. The minimum atomic E-state index is -1.65. The predicted molar refractivity (Wildman–Crippen MR) is 118 cm³/mol. The zero-order valence-corrected chi connectivity index (χ0v) is 25.5. The fourth-order valence-corrected chi connectivity index (χ4v) is 20.1. The first-order valence-corrected chi connectivity index (χ1v) is 13.0. The van der Waals surface area contributed by atoms with Gasteiger partial charge in [-0.3, -0.25) is 0 Å². The average molecular weight is 979 g/mol. The highest BCUT2D eigenvalue weighted by atomic mass is 79.9. The van der Waals surface area contributed by atoms with Gasteiger partial charge >= 0.3 is 0 Å². The molecule has 2 bridgehead atoms. The van der Waals surface area contributed by atoms with E-state index in [9.17, 15) is 5.11 Å². The lowest BCUT2D eigenvalue weighted by Gasteiger charge is -2.55. The number of hydrogen-bond donors (Lipinski definition) is 0. The Balaban J connectivity index is 2.99. The molecule has 2 saturated carbocycles. The Bertz CT molecular complexity index is 384. The highest BCUT2D eigenvalue weighted by Crippen LogP contribution is 2.92. The number of halogens is 11. The summed E-state index contributed by atoms with van der Waals surface area (Å²) in [6.45, 7) is 0. The molecule has 0 N–H and O–H groups in total. The van der Waals surface area contributed by atoms with Crippen LogP contribution in [0.1, 0.15) is 0 Å². The van der Waals surface area contributed by atoms with Crippen LogP contribution in [-0.4, -0.2) is 26.1 Å². The largest absolute Gasteiger partial charge is 0.213 e. The summed E-state index contributed by atoms with van der Waals surface area (Å²) in [7, 11) is 0. The van der Waals surface area contributed by atoms with Crippen LogP contribution in [0.25, 0.3) is 0 Å². The molecule has 3 unspecified atom stereocenters. The third-order valence-electron chi connectivity index (χ3n) is 3.40. The van der Waals surface area contributed by atoms with E-state index in [0.29, 0.717) is 0 Å². The lowest BCUT2D eigenvalue weighted by molar-refractivity contribution is 0.0338. The van der Waals surface area contributed by atoms with Crippen LogP contribution in [0, 0.1) is 0 Å². The van der Waals surface area contributed by atoms with Crippen molar-refractivity contribution in [2.45, 2.75) is 26.1 Å². The first-order chi connectivity index (χ1) is 8.00. The summed E-state index contributed by atoms with van der Waals surface area (Å²) in [6.07, 6.45) is 0. The molecule has 0 aromatic carbocycles. The Morgan fingerprint density at radius 1 is 0.421 bits per heavy atom. The molecular weight excluding hydrogens is 979 g/mol. The topological polar surface area (TPSA) is 19.9 Å². The van der Waals surface area contributed by atoms with Crippen LogP contribution in [0.4, 0.5) is 0 Å². The van der Waals surface area contributed by atoms with Crippen LogP contribution >= 0.6 is 175 Å². The summed E-state index contributed by atoms with van der Waals surface area (Å²) in [5.74, 6) is 0. The van der Waals surface area contributed by atoms with Crippen LogP contribution in [0.2, 0.25) is 0 Å². The van der Waals surface area contributed by atoms with E-state index in [-0.39, 0.29) is 0 Å². The molecule has 0 aromatic rings. The molecule has 2 rings (SSSR count). The molecule has 2 fully saturated rings. The number of fused-ring (bicyclic) bond motifs is 2. The standard InChI is InChI=1S/C7Br11O/c8-1-3(10,11)2(9,5(14,15)4(1,12)13)7(18,19)6(1,16)17. The maximum absolute atomic E-state index is 13.4. The van der Waals surface area contributed by atoms with Gasteiger partial charge in [-0.05, 0) is 15.9 Å². The quantitative estimate of drug-likeness (QED) is 0.222. The normalized spacial score (nSPS) is 52.4. The van der Waals surface area contributed by atoms with Gasteiger partial charge < -0.3 is 0 Å². The lowest BCUT2D eigenvalue weighted by atomic mass is 9.96. The van der Waals surface area contributed by atoms with Crippen molar-refractivity contribution in [3.63, 3.8) is 0 Å². The van der Waals surface area contributed by atoms with Gasteiger partial charge in [0.25, 0.3) is 0 Å². The van der Waals surface area contributed by atoms with E-state index in [0.717, 1.165) is 0 Å². The fraction of sp³-hybridized carbons (Fsp3) is 1.00. The van der Waals surface area contributed by atoms with Crippen molar-refractivity contribution in [2.24, 2.45) is 0 Å². The second kappa shape index (κ2) is 5.15. The van der Waals surface area contributed by atoms with Gasteiger partial charge in [-0.2, -0.15) is 0 Å². The molecule has 2 aliphatic rings. The van der Waals surface area contributed by atoms with Crippen LogP contribution in [0.3, 0.4) is 0 Å². The van der Waals surface area contributed by atoms with Gasteiger partial charge in [0, 0.05) is 0 Å². The maximum Gasteiger partial charge on any atom is 0.204 e. The third-order valence-corrected chi connectivity index (χ3v) is 26.6. The molecule has 1 nitrogen and oxygen atoms in total. The van der Waals surface area contributed by atoms with E-state index in [1.807, 2.05) is 0 Å². The number of rotatable bonds is 0. The zero-order valence-electron chi connectivity index (χ0n) is 8.07. The van der Waals surface area contributed by atoms with Crippen LogP contribution in [0.5, 0.6) is 0 Å². The maximum atomic E-state index is 13.4. The van der Waals surface area contributed by atoms with Gasteiger partial charge in [0.15, 0.2) is 0 Å². The summed E-state index contributed by atoms with van der Waals surface area (Å²) < 4.78 is -7.10. The Hall–Kier alpha value is 5.24. The van der Waals surface area contributed by atoms with Crippen LogP contribution in [0.15, 0.2) is 0 Å². The van der Waals surface area contributed by atoms with Crippen molar-refractivity contribution in [3.05, 3.63) is 0 Å². The van der Waals surface area contributed by atoms with E-state index >= 15 is 0 Å². The SMILES string of the molecule is [O]C1(Br)C(Br)(Br)C2(Br)C(Br)(Br)C(Br)(Br)C1(Br)C2(Br)Br. The number of alkyl halides is 11. The summed E-state index contributed by atoms with van der Waals surface area (Å²) in [5, 5.41) is 13.4. The van der Waals surface area contributed by atoms with E-state index in [1.165, 1.54) is 0 Å². The fourth-order valence-electron chi connectivity index (χ4n) is 2.30. The summed E-state index contributed by atoms with van der Waals surface area (Å²) in [6, 6.07) is 0. The smallest absolute Gasteiger partial charge is 0.204 e. The molecule has 0 spiro atoms. The molecule has 0 aromatic heterocycles. The Kier molecular flexibility index (Phi) is 5.57. The average Bonchev–Trinajstić information content (AvgIpc) is 2.32. The van der Waals surface area contributed by atoms with Crippen molar-refractivity contribution in [2.75, 3.05) is 0 Å². The van der Waals surface area contributed by atoms with Gasteiger partial charge in [-0.1, -0.05) is 159 Å². The highest BCUT2D eigenvalue weighted by Gasteiger charge is 3.01. The van der Waals surface area contributed by atoms with E-state index < -0.39 is 26.1 Å². The molecular formula is C7Br11O. The molecule has 1 radical (unpaired) electrons. The molecule has 19 heavy (non-hydrogen) atoms. The Labute approximate surface area is 202 Å². The van der Waals surface area contributed by atoms with Crippen molar-refractivity contribution in [3.8, 4) is 0 Å². The van der Waals surface area contributed by atoms with Crippen molar-refractivity contribution < 1.29 is 5.11 Å². The van der Waals surface area contributed by atoms with Crippen molar-refractivity contribution >= 4 is 175 Å². The first kappa shape index (κ1) is 20.6. The van der Waals surface area contributed by atoms with Gasteiger partial charge in [0.2, 0.25) is 4.51 Å². The van der Waals surface area contributed by atoms with Crippen LogP contribution in [-0.2, 0) is 5.11 Å². The molecule has 12 heteroatoms. The number of hydrogen-bond acceptors (Lipinski definition) is 0. The minimum absolute atomic E-state index is 0.759. The van der Waals surface area contributed by atoms with E-state index in [2.05, 4.69) is 175 Å². The molecule has 0 heterocycles. The van der Waals surface area contributed by atoms with Crippen molar-refractivity contribution in [1.82, 2.24) is 0 Å².